The Balaban J connectivity index is 1.93. The lowest BCUT2D eigenvalue weighted by atomic mass is 10.1. The SMILES string of the molecule is CCOC(=O)/C=C/CSc1ccc2ccccc2c1. The van der Waals surface area contributed by atoms with Gasteiger partial charge in [-0.25, -0.2) is 4.79 Å². The van der Waals surface area contributed by atoms with Gasteiger partial charge >= 0.3 is 5.97 Å². The van der Waals surface area contributed by atoms with Crippen molar-refractivity contribution in [3.63, 3.8) is 0 Å². The quantitative estimate of drug-likeness (QED) is 0.466. The van der Waals surface area contributed by atoms with Crippen molar-refractivity contribution in [1.29, 1.82) is 0 Å². The summed E-state index contributed by atoms with van der Waals surface area (Å²) in [5, 5.41) is 2.48. The average molecular weight is 272 g/mol. The number of hydrogen-bond acceptors (Lipinski definition) is 3. The fourth-order valence-corrected chi connectivity index (χ4v) is 2.50. The third-order valence-corrected chi connectivity index (χ3v) is 3.55. The molecule has 0 radical (unpaired) electrons. The number of hydrogen-bond donors (Lipinski definition) is 0. The molecule has 2 aromatic rings. The van der Waals surface area contributed by atoms with Crippen LogP contribution in [0.5, 0.6) is 0 Å². The predicted molar refractivity (Wildman–Crippen MR) is 80.4 cm³/mol. The summed E-state index contributed by atoms with van der Waals surface area (Å²) in [5.41, 5.74) is 0. The number of fused-ring (bicyclic) bond motifs is 1. The minimum Gasteiger partial charge on any atom is -0.463 e. The van der Waals surface area contributed by atoms with Gasteiger partial charge in [0.15, 0.2) is 0 Å². The van der Waals surface area contributed by atoms with Gasteiger partial charge in [-0.2, -0.15) is 0 Å². The van der Waals surface area contributed by atoms with E-state index in [0.29, 0.717) is 6.61 Å². The second kappa shape index (κ2) is 7.00. The molecule has 19 heavy (non-hydrogen) atoms. The zero-order chi connectivity index (χ0) is 13.5. The van der Waals surface area contributed by atoms with Gasteiger partial charge in [-0.1, -0.05) is 36.4 Å². The molecule has 0 aromatic heterocycles. The second-order valence-corrected chi connectivity index (χ2v) is 5.07. The summed E-state index contributed by atoms with van der Waals surface area (Å²) >= 11 is 1.70. The van der Waals surface area contributed by atoms with Crippen LogP contribution in [0.3, 0.4) is 0 Å². The van der Waals surface area contributed by atoms with E-state index >= 15 is 0 Å². The largest absolute Gasteiger partial charge is 0.463 e. The van der Waals surface area contributed by atoms with Gasteiger partial charge in [-0.3, -0.25) is 0 Å². The van der Waals surface area contributed by atoms with Crippen LogP contribution in [0.1, 0.15) is 6.92 Å². The summed E-state index contributed by atoms with van der Waals surface area (Å²) in [6, 6.07) is 14.7. The van der Waals surface area contributed by atoms with Crippen LogP contribution in [0.25, 0.3) is 10.8 Å². The summed E-state index contributed by atoms with van der Waals surface area (Å²) in [6.45, 7) is 2.22. The molecule has 0 saturated heterocycles. The van der Waals surface area contributed by atoms with Gasteiger partial charge in [-0.15, -0.1) is 11.8 Å². The summed E-state index contributed by atoms with van der Waals surface area (Å²) in [7, 11) is 0. The molecule has 2 rings (SSSR count). The molecule has 3 heteroatoms. The van der Waals surface area contributed by atoms with E-state index in [2.05, 4.69) is 30.3 Å². The van der Waals surface area contributed by atoms with Crippen LogP contribution in [0.4, 0.5) is 0 Å². The molecule has 0 unspecified atom stereocenters. The van der Waals surface area contributed by atoms with E-state index in [1.807, 2.05) is 18.2 Å². The maximum atomic E-state index is 11.1. The van der Waals surface area contributed by atoms with Crippen molar-refractivity contribution in [2.45, 2.75) is 11.8 Å². The summed E-state index contributed by atoms with van der Waals surface area (Å²) < 4.78 is 4.82. The van der Waals surface area contributed by atoms with Gasteiger partial charge < -0.3 is 4.74 Å². The Morgan fingerprint density at radius 2 is 2.00 bits per heavy atom. The van der Waals surface area contributed by atoms with E-state index in [0.717, 1.165) is 5.75 Å². The minimum atomic E-state index is -0.276. The smallest absolute Gasteiger partial charge is 0.330 e. The number of esters is 1. The second-order valence-electron chi connectivity index (χ2n) is 3.97. The zero-order valence-corrected chi connectivity index (χ0v) is 11.7. The van der Waals surface area contributed by atoms with Gasteiger partial charge in [0.1, 0.15) is 0 Å². The normalized spacial score (nSPS) is 11.0. The predicted octanol–water partition coefficient (Wildman–Crippen LogP) is 4.05. The number of ether oxygens (including phenoxy) is 1. The maximum absolute atomic E-state index is 11.1. The molecule has 0 bridgehead atoms. The van der Waals surface area contributed by atoms with E-state index in [-0.39, 0.29) is 5.97 Å². The molecule has 2 nitrogen and oxygen atoms in total. The molecule has 0 atom stereocenters. The number of thioether (sulfide) groups is 1. The third-order valence-electron chi connectivity index (χ3n) is 2.61. The Hall–Kier alpha value is -1.74. The van der Waals surface area contributed by atoms with Gasteiger partial charge in [0, 0.05) is 16.7 Å². The zero-order valence-electron chi connectivity index (χ0n) is 10.8. The van der Waals surface area contributed by atoms with Gasteiger partial charge in [0.05, 0.1) is 6.61 Å². The molecule has 0 aliphatic carbocycles. The Kier molecular flexibility index (Phi) is 5.04. The molecule has 0 spiro atoms. The lowest BCUT2D eigenvalue weighted by Gasteiger charge is -2.01. The molecular weight excluding hydrogens is 256 g/mol. The van der Waals surface area contributed by atoms with E-state index in [4.69, 9.17) is 4.74 Å². The molecule has 0 fully saturated rings. The first-order chi connectivity index (χ1) is 9.29. The fourth-order valence-electron chi connectivity index (χ4n) is 1.74. The molecule has 0 amide bonds. The highest BCUT2D eigenvalue weighted by atomic mass is 32.2. The highest BCUT2D eigenvalue weighted by Gasteiger charge is 1.97. The van der Waals surface area contributed by atoms with Crippen molar-refractivity contribution < 1.29 is 9.53 Å². The van der Waals surface area contributed by atoms with Crippen molar-refractivity contribution in [2.75, 3.05) is 12.4 Å². The van der Waals surface area contributed by atoms with E-state index in [1.165, 1.54) is 21.7 Å². The maximum Gasteiger partial charge on any atom is 0.330 e. The Bertz CT molecular complexity index is 590. The Morgan fingerprint density at radius 3 is 2.79 bits per heavy atom. The number of carbonyl (C=O) groups excluding carboxylic acids is 1. The number of carbonyl (C=O) groups is 1. The monoisotopic (exact) mass is 272 g/mol. The van der Waals surface area contributed by atoms with Crippen LogP contribution in [0.15, 0.2) is 59.5 Å². The van der Waals surface area contributed by atoms with Crippen molar-refractivity contribution >= 4 is 28.5 Å². The standard InChI is InChI=1S/C16H16O2S/c1-2-18-16(17)8-5-11-19-15-10-9-13-6-3-4-7-14(13)12-15/h3-10,12H,2,11H2,1H3/b8-5+. The van der Waals surface area contributed by atoms with Gasteiger partial charge in [0.2, 0.25) is 0 Å². The first kappa shape index (κ1) is 13.7. The van der Waals surface area contributed by atoms with Crippen LogP contribution in [-0.4, -0.2) is 18.3 Å². The Morgan fingerprint density at radius 1 is 1.21 bits per heavy atom. The van der Waals surface area contributed by atoms with Crippen molar-refractivity contribution in [3.8, 4) is 0 Å². The van der Waals surface area contributed by atoms with Crippen LogP contribution in [0, 0.1) is 0 Å². The van der Waals surface area contributed by atoms with E-state index in [1.54, 1.807) is 18.7 Å². The highest BCUT2D eigenvalue weighted by molar-refractivity contribution is 7.99. The van der Waals surface area contributed by atoms with Crippen molar-refractivity contribution in [3.05, 3.63) is 54.6 Å². The van der Waals surface area contributed by atoms with Gasteiger partial charge in [0.25, 0.3) is 0 Å². The summed E-state index contributed by atoms with van der Waals surface area (Å²) in [5.74, 6) is 0.485. The first-order valence-electron chi connectivity index (χ1n) is 6.24. The molecule has 0 saturated carbocycles. The first-order valence-corrected chi connectivity index (χ1v) is 7.23. The minimum absolute atomic E-state index is 0.276. The fraction of sp³-hybridized carbons (Fsp3) is 0.188. The molecular formula is C16H16O2S. The molecule has 0 heterocycles. The lowest BCUT2D eigenvalue weighted by Crippen LogP contribution is -1.98. The van der Waals surface area contributed by atoms with Crippen LogP contribution in [0.2, 0.25) is 0 Å². The van der Waals surface area contributed by atoms with Gasteiger partial charge in [-0.05, 0) is 29.8 Å². The summed E-state index contributed by atoms with van der Waals surface area (Å²) in [4.78, 5) is 12.3. The van der Waals surface area contributed by atoms with Crippen molar-refractivity contribution in [2.24, 2.45) is 0 Å². The molecule has 2 aromatic carbocycles. The van der Waals surface area contributed by atoms with E-state index in [9.17, 15) is 4.79 Å². The summed E-state index contributed by atoms with van der Waals surface area (Å²) in [6.07, 6.45) is 3.31. The molecule has 0 aliphatic rings. The van der Waals surface area contributed by atoms with Crippen LogP contribution >= 0.6 is 11.8 Å². The number of rotatable bonds is 5. The number of benzene rings is 2. The third kappa shape index (κ3) is 4.14. The molecule has 0 N–H and O–H groups in total. The van der Waals surface area contributed by atoms with Crippen molar-refractivity contribution in [1.82, 2.24) is 0 Å². The Labute approximate surface area is 117 Å². The highest BCUT2D eigenvalue weighted by Crippen LogP contribution is 2.23. The van der Waals surface area contributed by atoms with E-state index < -0.39 is 0 Å². The van der Waals surface area contributed by atoms with Crippen LogP contribution in [-0.2, 0) is 9.53 Å². The molecule has 0 aliphatic heterocycles. The molecule has 98 valence electrons. The average Bonchev–Trinajstić information content (AvgIpc) is 2.44. The lowest BCUT2D eigenvalue weighted by molar-refractivity contribution is -0.137. The topological polar surface area (TPSA) is 26.3 Å². The van der Waals surface area contributed by atoms with Crippen LogP contribution < -0.4 is 0 Å².